The molecule has 0 aliphatic heterocycles. The molecule has 160 valence electrons. The number of aromatic nitrogens is 5. The van der Waals surface area contributed by atoms with Crippen LogP contribution >= 0.6 is 11.6 Å². The molecule has 0 unspecified atom stereocenters. The topological polar surface area (TPSA) is 74.8 Å². The van der Waals surface area contributed by atoms with E-state index < -0.39 is 12.2 Å². The number of ether oxygens (including phenoxy) is 1. The minimum absolute atomic E-state index is 0.0181. The number of hydrogen-bond donors (Lipinski definition) is 0. The molecule has 0 aliphatic rings. The molecular weight excluding hydrogens is 440 g/mol. The predicted molar refractivity (Wildman–Crippen MR) is 116 cm³/mol. The van der Waals surface area contributed by atoms with Crippen LogP contribution in [-0.4, -0.2) is 31.2 Å². The van der Waals surface area contributed by atoms with Gasteiger partial charge in [0.25, 0.3) is 5.56 Å². The van der Waals surface area contributed by atoms with Crippen molar-refractivity contribution in [1.82, 2.24) is 24.5 Å². The first-order valence-corrected chi connectivity index (χ1v) is 9.85. The lowest BCUT2D eigenvalue weighted by Crippen LogP contribution is -2.23. The first-order chi connectivity index (χ1) is 15.4. The van der Waals surface area contributed by atoms with Gasteiger partial charge in [-0.2, -0.15) is 23.7 Å². The van der Waals surface area contributed by atoms with E-state index in [0.717, 1.165) is 10.9 Å². The van der Waals surface area contributed by atoms with E-state index in [-0.39, 0.29) is 16.5 Å². The van der Waals surface area contributed by atoms with Gasteiger partial charge in [-0.3, -0.25) is 9.48 Å². The summed E-state index contributed by atoms with van der Waals surface area (Å²) in [6.45, 7) is -2.94. The van der Waals surface area contributed by atoms with Crippen LogP contribution in [0, 0.1) is 0 Å². The van der Waals surface area contributed by atoms with Crippen molar-refractivity contribution in [3.05, 3.63) is 76.3 Å². The molecule has 0 saturated carbocycles. The van der Waals surface area contributed by atoms with Gasteiger partial charge >= 0.3 is 6.61 Å². The van der Waals surface area contributed by atoms with Crippen molar-refractivity contribution in [2.45, 2.75) is 6.61 Å². The van der Waals surface area contributed by atoms with Crippen LogP contribution < -0.4 is 10.3 Å². The lowest BCUT2D eigenvalue weighted by molar-refractivity contribution is -0.0498. The molecule has 7 nitrogen and oxygen atoms in total. The zero-order valence-corrected chi connectivity index (χ0v) is 17.3. The van der Waals surface area contributed by atoms with Crippen molar-refractivity contribution in [3.8, 4) is 22.6 Å². The highest BCUT2D eigenvalue weighted by atomic mass is 35.5. The summed E-state index contributed by atoms with van der Waals surface area (Å²) in [4.78, 5) is 17.8. The predicted octanol–water partition coefficient (Wildman–Crippen LogP) is 4.59. The number of pyridine rings is 1. The molecule has 3 aromatic heterocycles. The van der Waals surface area contributed by atoms with Gasteiger partial charge in [0.1, 0.15) is 21.9 Å². The summed E-state index contributed by atoms with van der Waals surface area (Å²) in [7, 11) is 1.81. The molecule has 0 bridgehead atoms. The van der Waals surface area contributed by atoms with Crippen molar-refractivity contribution in [2.24, 2.45) is 7.05 Å². The Labute approximate surface area is 184 Å². The third-order valence-corrected chi connectivity index (χ3v) is 5.12. The van der Waals surface area contributed by atoms with Gasteiger partial charge < -0.3 is 4.74 Å². The van der Waals surface area contributed by atoms with Gasteiger partial charge in [0, 0.05) is 18.6 Å². The summed E-state index contributed by atoms with van der Waals surface area (Å²) in [5, 5.41) is 9.87. The Kier molecular flexibility index (Phi) is 4.82. The fourth-order valence-corrected chi connectivity index (χ4v) is 3.71. The van der Waals surface area contributed by atoms with Crippen LogP contribution in [0.4, 0.5) is 8.78 Å². The fourth-order valence-electron chi connectivity index (χ4n) is 3.56. The maximum atomic E-state index is 13.5. The second-order valence-electron chi connectivity index (χ2n) is 7.04. The van der Waals surface area contributed by atoms with Crippen LogP contribution in [0.15, 0.2) is 65.6 Å². The van der Waals surface area contributed by atoms with Gasteiger partial charge in [-0.05, 0) is 48.0 Å². The highest BCUT2D eigenvalue weighted by molar-refractivity contribution is 6.29. The molecule has 2 aromatic carbocycles. The smallest absolute Gasteiger partial charge is 0.387 e. The van der Waals surface area contributed by atoms with Gasteiger partial charge in [0.15, 0.2) is 0 Å². The Balaban J connectivity index is 1.74. The highest BCUT2D eigenvalue weighted by Crippen LogP contribution is 2.27. The molecule has 0 N–H and O–H groups in total. The standard InChI is InChI=1S/C22H14ClF2N5O2/c1-29-11-13-10-14(4-7-16(13)27-29)30-21(31)19(20-17(28-30)8-9-18(23)26-20)12-2-5-15(6-3-12)32-22(24)25/h2-11,22H,1H3. The van der Waals surface area contributed by atoms with E-state index in [1.54, 1.807) is 28.9 Å². The third kappa shape index (κ3) is 3.56. The molecule has 0 radical (unpaired) electrons. The minimum Gasteiger partial charge on any atom is -0.435 e. The summed E-state index contributed by atoms with van der Waals surface area (Å²) in [5.74, 6) is -0.0181. The summed E-state index contributed by atoms with van der Waals surface area (Å²) in [6.07, 6.45) is 1.84. The molecule has 0 fully saturated rings. The molecule has 0 amide bonds. The fraction of sp³-hybridized carbons (Fsp3) is 0.0909. The monoisotopic (exact) mass is 453 g/mol. The van der Waals surface area contributed by atoms with Gasteiger partial charge in [-0.15, -0.1) is 0 Å². The Morgan fingerprint density at radius 3 is 2.50 bits per heavy atom. The second kappa shape index (κ2) is 7.69. The average Bonchev–Trinajstić information content (AvgIpc) is 3.13. The van der Waals surface area contributed by atoms with E-state index in [9.17, 15) is 13.6 Å². The number of alkyl halides is 2. The van der Waals surface area contributed by atoms with Crippen molar-refractivity contribution in [1.29, 1.82) is 0 Å². The van der Waals surface area contributed by atoms with Gasteiger partial charge in [0.05, 0.1) is 16.8 Å². The van der Waals surface area contributed by atoms with E-state index in [4.69, 9.17) is 11.6 Å². The number of rotatable bonds is 4. The average molecular weight is 454 g/mol. The van der Waals surface area contributed by atoms with E-state index in [1.165, 1.54) is 28.9 Å². The van der Waals surface area contributed by atoms with Crippen LogP contribution in [0.25, 0.3) is 38.8 Å². The quantitative estimate of drug-likeness (QED) is 0.372. The Morgan fingerprint density at radius 2 is 1.75 bits per heavy atom. The maximum Gasteiger partial charge on any atom is 0.387 e. The molecule has 0 aliphatic carbocycles. The number of hydrogen-bond acceptors (Lipinski definition) is 5. The SMILES string of the molecule is Cn1cc2cc(-n3nc4ccc(Cl)nc4c(-c4ccc(OC(F)F)cc4)c3=O)ccc2n1. The van der Waals surface area contributed by atoms with Crippen molar-refractivity contribution in [3.63, 3.8) is 0 Å². The Bertz CT molecular complexity index is 1530. The van der Waals surface area contributed by atoms with E-state index in [0.29, 0.717) is 22.3 Å². The summed E-state index contributed by atoms with van der Waals surface area (Å²) < 4.78 is 32.4. The second-order valence-corrected chi connectivity index (χ2v) is 7.43. The van der Waals surface area contributed by atoms with Crippen LogP contribution in [0.2, 0.25) is 5.15 Å². The van der Waals surface area contributed by atoms with Crippen molar-refractivity contribution in [2.75, 3.05) is 0 Å². The number of nitrogens with zero attached hydrogens (tertiary/aromatic N) is 5. The molecule has 5 rings (SSSR count). The van der Waals surface area contributed by atoms with E-state index in [1.807, 2.05) is 19.3 Å². The van der Waals surface area contributed by atoms with Crippen molar-refractivity contribution < 1.29 is 13.5 Å². The van der Waals surface area contributed by atoms with E-state index in [2.05, 4.69) is 19.9 Å². The number of halogens is 3. The zero-order chi connectivity index (χ0) is 22.4. The van der Waals surface area contributed by atoms with Gasteiger partial charge in [-0.25, -0.2) is 4.98 Å². The summed E-state index contributed by atoms with van der Waals surface area (Å²) in [6, 6.07) is 14.4. The normalized spacial score (nSPS) is 11.5. The van der Waals surface area contributed by atoms with Gasteiger partial charge in [0.2, 0.25) is 0 Å². The van der Waals surface area contributed by atoms with Crippen LogP contribution in [0.3, 0.4) is 0 Å². The molecule has 0 atom stereocenters. The summed E-state index contributed by atoms with van der Waals surface area (Å²) >= 11 is 6.08. The third-order valence-electron chi connectivity index (χ3n) is 4.91. The molecule has 32 heavy (non-hydrogen) atoms. The summed E-state index contributed by atoms with van der Waals surface area (Å²) in [5.41, 5.74) is 2.37. The molecule has 10 heteroatoms. The van der Waals surface area contributed by atoms with Crippen LogP contribution in [-0.2, 0) is 7.05 Å². The molecule has 3 heterocycles. The highest BCUT2D eigenvalue weighted by Gasteiger charge is 2.17. The molecule has 0 spiro atoms. The number of fused-ring (bicyclic) bond motifs is 2. The number of benzene rings is 2. The largest absolute Gasteiger partial charge is 0.435 e. The number of aryl methyl sites for hydroxylation is 1. The Hall–Kier alpha value is -3.85. The first-order valence-electron chi connectivity index (χ1n) is 9.48. The molecule has 0 saturated heterocycles. The van der Waals surface area contributed by atoms with Gasteiger partial charge in [-0.1, -0.05) is 23.7 Å². The first kappa shape index (κ1) is 20.1. The molecule has 5 aromatic rings. The minimum atomic E-state index is -2.94. The van der Waals surface area contributed by atoms with Crippen molar-refractivity contribution >= 4 is 33.5 Å². The lowest BCUT2D eigenvalue weighted by Gasteiger charge is -2.12. The zero-order valence-electron chi connectivity index (χ0n) is 16.5. The van der Waals surface area contributed by atoms with Crippen LogP contribution in [0.1, 0.15) is 0 Å². The maximum absolute atomic E-state index is 13.5. The Morgan fingerprint density at radius 1 is 1.00 bits per heavy atom. The molecular formula is C22H14ClF2N5O2. The van der Waals surface area contributed by atoms with Crippen LogP contribution in [0.5, 0.6) is 5.75 Å². The van der Waals surface area contributed by atoms with E-state index >= 15 is 0 Å². The lowest BCUT2D eigenvalue weighted by atomic mass is 10.1.